The highest BCUT2D eigenvalue weighted by molar-refractivity contribution is 5.56. The molecule has 0 spiro atoms. The molecule has 0 saturated heterocycles. The van der Waals surface area contributed by atoms with Crippen LogP contribution in [0, 0.1) is 0 Å². The summed E-state index contributed by atoms with van der Waals surface area (Å²) in [6.07, 6.45) is -27.1. The van der Waals surface area contributed by atoms with Crippen LogP contribution in [0.5, 0.6) is 0 Å². The van der Waals surface area contributed by atoms with Crippen molar-refractivity contribution in [3.05, 3.63) is 58.7 Å². The van der Waals surface area contributed by atoms with Crippen molar-refractivity contribution in [2.24, 2.45) is 0 Å². The van der Waals surface area contributed by atoms with Gasteiger partial charge in [-0.15, -0.1) is 0 Å². The first-order chi connectivity index (χ1) is 15.9. The minimum absolute atomic E-state index is 0.161. The first-order valence-corrected chi connectivity index (χ1v) is 9.43. The summed E-state index contributed by atoms with van der Waals surface area (Å²) in [5, 5.41) is 19.4. The first-order valence-electron chi connectivity index (χ1n) is 9.43. The van der Waals surface area contributed by atoms with Gasteiger partial charge in [0.15, 0.2) is 5.60 Å². The van der Waals surface area contributed by atoms with Crippen LogP contribution in [0.25, 0.3) is 0 Å². The van der Waals surface area contributed by atoms with Gasteiger partial charge in [-0.05, 0) is 35.7 Å². The molecular weight excluding hydrogens is 528 g/mol. The molecule has 1 unspecified atom stereocenters. The first kappa shape index (κ1) is 29.4. The largest absolute Gasteiger partial charge is 0.430 e. The summed E-state index contributed by atoms with van der Waals surface area (Å²) in [5.41, 5.74) is -4.81. The molecule has 36 heavy (non-hydrogen) atoms. The van der Waals surface area contributed by atoms with Crippen molar-refractivity contribution in [2.75, 3.05) is 11.5 Å². The number of nitrogen functional groups attached to an aromatic ring is 2. The molecule has 2 aromatic rings. The van der Waals surface area contributed by atoms with Gasteiger partial charge >= 0.3 is 24.7 Å². The molecule has 0 fully saturated rings. The Morgan fingerprint density at radius 1 is 0.583 bits per heavy atom. The second-order valence-electron chi connectivity index (χ2n) is 7.88. The van der Waals surface area contributed by atoms with E-state index in [9.17, 15) is 62.9 Å². The molecule has 16 heteroatoms. The van der Waals surface area contributed by atoms with E-state index >= 15 is 0 Å². The van der Waals surface area contributed by atoms with Gasteiger partial charge in [0, 0.05) is 22.5 Å². The van der Waals surface area contributed by atoms with E-state index in [2.05, 4.69) is 0 Å². The maximum atomic E-state index is 13.3. The Kier molecular flexibility index (Phi) is 7.26. The van der Waals surface area contributed by atoms with E-state index in [1.54, 1.807) is 0 Å². The third-order valence-corrected chi connectivity index (χ3v) is 5.22. The molecule has 0 aliphatic carbocycles. The fraction of sp³-hybridized carbons (Fsp3) is 0.400. The van der Waals surface area contributed by atoms with Crippen LogP contribution >= 0.6 is 0 Å². The highest BCUT2D eigenvalue weighted by Gasteiger charge is 2.72. The summed E-state index contributed by atoms with van der Waals surface area (Å²) in [4.78, 5) is 0. The topological polar surface area (TPSA) is 92.5 Å². The van der Waals surface area contributed by atoms with E-state index in [-0.39, 0.29) is 17.2 Å². The average molecular weight is 544 g/mol. The maximum absolute atomic E-state index is 13.3. The highest BCUT2D eigenvalue weighted by atomic mass is 19.4. The van der Waals surface area contributed by atoms with Crippen LogP contribution in [0.1, 0.15) is 28.7 Å². The molecule has 0 saturated carbocycles. The third-order valence-electron chi connectivity index (χ3n) is 5.22. The van der Waals surface area contributed by atoms with Crippen molar-refractivity contribution in [1.82, 2.24) is 0 Å². The van der Waals surface area contributed by atoms with Gasteiger partial charge in [0.1, 0.15) is 0 Å². The Labute approximate surface area is 194 Å². The van der Waals surface area contributed by atoms with Crippen LogP contribution in [0.15, 0.2) is 36.4 Å². The smallest absolute Gasteiger partial charge is 0.398 e. The number of anilines is 2. The predicted molar refractivity (Wildman–Crippen MR) is 101 cm³/mol. The summed E-state index contributed by atoms with van der Waals surface area (Å²) in [6.45, 7) is 0. The second-order valence-corrected chi connectivity index (χ2v) is 7.88. The van der Waals surface area contributed by atoms with Gasteiger partial charge in [-0.3, -0.25) is 0 Å². The Balaban J connectivity index is 2.54. The minimum atomic E-state index is -6.25. The van der Waals surface area contributed by atoms with Gasteiger partial charge in [0.25, 0.3) is 5.60 Å². The van der Waals surface area contributed by atoms with Gasteiger partial charge in [0.05, 0.1) is 6.42 Å². The molecule has 6 N–H and O–H groups in total. The van der Waals surface area contributed by atoms with Crippen molar-refractivity contribution in [2.45, 2.75) is 48.7 Å². The number of hydrogen-bond acceptors (Lipinski definition) is 4. The van der Waals surface area contributed by atoms with Crippen molar-refractivity contribution < 1.29 is 62.9 Å². The molecule has 0 aliphatic rings. The number of aliphatic hydroxyl groups is 2. The average Bonchev–Trinajstić information content (AvgIpc) is 2.64. The van der Waals surface area contributed by atoms with Crippen LogP contribution in [-0.2, 0) is 17.6 Å². The van der Waals surface area contributed by atoms with E-state index in [4.69, 9.17) is 11.5 Å². The molecule has 0 aromatic heterocycles. The van der Waals surface area contributed by atoms with Gasteiger partial charge in [-0.2, -0.15) is 52.7 Å². The van der Waals surface area contributed by atoms with E-state index < -0.39 is 71.3 Å². The summed E-state index contributed by atoms with van der Waals surface area (Å²) in [7, 11) is 0. The van der Waals surface area contributed by atoms with Crippen LogP contribution in [-0.4, -0.2) is 34.9 Å². The molecule has 4 nitrogen and oxygen atoms in total. The zero-order chi connectivity index (χ0) is 28.1. The molecule has 202 valence electrons. The van der Waals surface area contributed by atoms with Crippen molar-refractivity contribution >= 4 is 11.4 Å². The summed E-state index contributed by atoms with van der Waals surface area (Å²) < 4.78 is 157. The molecule has 0 radical (unpaired) electrons. The fourth-order valence-corrected chi connectivity index (χ4v) is 3.47. The summed E-state index contributed by atoms with van der Waals surface area (Å²) in [6, 6.07) is 3.66. The molecular formula is C20H16F12N2O2. The lowest BCUT2D eigenvalue weighted by Gasteiger charge is -2.33. The standard InChI is InChI=1S/C20H16F12N2O2/c21-16(22,23)8-15(35,18(24,25)26)11-3-1-10(7-14(11)34)5-9-2-4-13(33)12(6-9)17(36,19(27,28)29)20(30,31)32/h1-4,6-7,35-36H,5,8,33-34H2. The number of alkyl halides is 12. The van der Waals surface area contributed by atoms with Crippen molar-refractivity contribution in [1.29, 1.82) is 0 Å². The number of hydrogen-bond donors (Lipinski definition) is 4. The Morgan fingerprint density at radius 2 is 1.06 bits per heavy atom. The van der Waals surface area contributed by atoms with E-state index in [1.807, 2.05) is 0 Å². The lowest BCUT2D eigenvalue weighted by molar-refractivity contribution is -0.376. The van der Waals surface area contributed by atoms with Crippen LogP contribution in [0.3, 0.4) is 0 Å². The van der Waals surface area contributed by atoms with E-state index in [1.165, 1.54) is 0 Å². The molecule has 1 atom stereocenters. The molecule has 0 bridgehead atoms. The normalized spacial score (nSPS) is 15.6. The fourth-order valence-electron chi connectivity index (χ4n) is 3.47. The molecule has 0 aliphatic heterocycles. The third kappa shape index (κ3) is 5.43. The zero-order valence-corrected chi connectivity index (χ0v) is 17.5. The van der Waals surface area contributed by atoms with Crippen molar-refractivity contribution in [3.63, 3.8) is 0 Å². The number of nitrogens with two attached hydrogens (primary N) is 2. The lowest BCUT2D eigenvalue weighted by atomic mass is 9.86. The maximum Gasteiger partial charge on any atom is 0.430 e. The minimum Gasteiger partial charge on any atom is -0.398 e. The zero-order valence-electron chi connectivity index (χ0n) is 17.5. The number of halogens is 12. The van der Waals surface area contributed by atoms with Crippen LogP contribution < -0.4 is 11.5 Å². The Bertz CT molecular complexity index is 1090. The van der Waals surface area contributed by atoms with Crippen LogP contribution in [0.4, 0.5) is 64.1 Å². The summed E-state index contributed by atoms with van der Waals surface area (Å²) >= 11 is 0. The lowest BCUT2D eigenvalue weighted by Crippen LogP contribution is -2.54. The molecule has 2 rings (SSSR count). The van der Waals surface area contributed by atoms with E-state index in [0.29, 0.717) is 18.2 Å². The van der Waals surface area contributed by atoms with Gasteiger partial charge < -0.3 is 21.7 Å². The van der Waals surface area contributed by atoms with Crippen molar-refractivity contribution in [3.8, 4) is 0 Å². The summed E-state index contributed by atoms with van der Waals surface area (Å²) in [5.74, 6) is 0. The molecule has 0 amide bonds. The van der Waals surface area contributed by atoms with E-state index in [0.717, 1.165) is 12.1 Å². The van der Waals surface area contributed by atoms with Crippen LogP contribution in [0.2, 0.25) is 0 Å². The Morgan fingerprint density at radius 3 is 1.47 bits per heavy atom. The number of rotatable bonds is 5. The second kappa shape index (κ2) is 8.90. The SMILES string of the molecule is Nc1cc(Cc2ccc(N)c(C(O)(C(F)(F)F)C(F)(F)F)c2)ccc1C(O)(CC(F)(F)F)C(F)(F)F. The Hall–Kier alpha value is -2.88. The predicted octanol–water partition coefficient (Wildman–Crippen LogP) is 5.46. The van der Waals surface area contributed by atoms with Gasteiger partial charge in [-0.25, -0.2) is 0 Å². The number of benzene rings is 2. The highest BCUT2D eigenvalue weighted by Crippen LogP contribution is 2.52. The molecule has 0 heterocycles. The monoisotopic (exact) mass is 544 g/mol. The van der Waals surface area contributed by atoms with Gasteiger partial charge in [-0.1, -0.05) is 18.2 Å². The van der Waals surface area contributed by atoms with Gasteiger partial charge in [0.2, 0.25) is 0 Å². The quantitative estimate of drug-likeness (QED) is 0.298. The molecule has 2 aromatic carbocycles.